The first-order chi connectivity index (χ1) is 10.9. The molecular weight excluding hydrogens is 312 g/mol. The Kier molecular flexibility index (Phi) is 5.87. The number of nitrogens with zero attached hydrogens (tertiary/aromatic N) is 1. The molecule has 6 heteroatoms. The molecule has 0 bridgehead atoms. The summed E-state index contributed by atoms with van der Waals surface area (Å²) in [4.78, 5) is 15.8. The number of sulfone groups is 1. The third-order valence-electron chi connectivity index (χ3n) is 3.29. The predicted molar refractivity (Wildman–Crippen MR) is 91.0 cm³/mol. The molecule has 2 aromatic rings. The van der Waals surface area contributed by atoms with Crippen molar-refractivity contribution < 1.29 is 13.2 Å². The second-order valence-corrected chi connectivity index (χ2v) is 7.63. The summed E-state index contributed by atoms with van der Waals surface area (Å²) in [5, 5.41) is 2.50. The van der Waals surface area contributed by atoms with Gasteiger partial charge in [-0.2, -0.15) is 0 Å². The fraction of sp³-hybridized carbons (Fsp3) is 0.294. The number of aromatic nitrogens is 1. The highest BCUT2D eigenvalue weighted by Gasteiger charge is 2.16. The Labute approximate surface area is 136 Å². The maximum atomic E-state index is 12.0. The van der Waals surface area contributed by atoms with Crippen molar-refractivity contribution in [2.24, 2.45) is 0 Å². The first-order valence-electron chi connectivity index (χ1n) is 7.41. The summed E-state index contributed by atoms with van der Waals surface area (Å²) in [6, 6.07) is 13.1. The zero-order valence-electron chi connectivity index (χ0n) is 13.0. The number of hydrogen-bond acceptors (Lipinski definition) is 4. The van der Waals surface area contributed by atoms with Crippen LogP contribution >= 0.6 is 0 Å². The molecule has 0 fully saturated rings. The van der Waals surface area contributed by atoms with Crippen LogP contribution in [0.5, 0.6) is 0 Å². The average molecular weight is 332 g/mol. The largest absolute Gasteiger partial charge is 0.310 e. The van der Waals surface area contributed by atoms with E-state index in [-0.39, 0.29) is 5.75 Å². The molecule has 0 atom stereocenters. The van der Waals surface area contributed by atoms with Gasteiger partial charge in [-0.05, 0) is 37.0 Å². The van der Waals surface area contributed by atoms with Gasteiger partial charge in [0.2, 0.25) is 5.91 Å². The van der Waals surface area contributed by atoms with Crippen LogP contribution in [0, 0.1) is 6.92 Å². The van der Waals surface area contributed by atoms with Gasteiger partial charge in [-0.1, -0.05) is 36.4 Å². The third kappa shape index (κ3) is 6.20. The monoisotopic (exact) mass is 332 g/mol. The molecule has 1 amide bonds. The topological polar surface area (TPSA) is 76.1 Å². The summed E-state index contributed by atoms with van der Waals surface area (Å²) in [6.45, 7) is 1.88. The van der Waals surface area contributed by atoms with Crippen LogP contribution in [0.15, 0.2) is 48.7 Å². The van der Waals surface area contributed by atoms with Crippen LogP contribution in [-0.4, -0.2) is 30.8 Å². The lowest BCUT2D eigenvalue weighted by Gasteiger charge is -2.06. The van der Waals surface area contributed by atoms with Crippen molar-refractivity contribution in [3.8, 4) is 0 Å². The van der Waals surface area contributed by atoms with Crippen LogP contribution in [0.1, 0.15) is 17.5 Å². The van der Waals surface area contributed by atoms with Crippen molar-refractivity contribution in [1.29, 1.82) is 0 Å². The van der Waals surface area contributed by atoms with E-state index in [1.165, 1.54) is 0 Å². The van der Waals surface area contributed by atoms with Crippen LogP contribution in [0.4, 0.5) is 5.82 Å². The second-order valence-electron chi connectivity index (χ2n) is 5.45. The molecule has 0 aliphatic carbocycles. The molecule has 1 N–H and O–H groups in total. The Morgan fingerprint density at radius 1 is 1.13 bits per heavy atom. The molecule has 122 valence electrons. The summed E-state index contributed by atoms with van der Waals surface area (Å²) in [5.41, 5.74) is 2.06. The normalized spacial score (nSPS) is 11.2. The highest BCUT2D eigenvalue weighted by atomic mass is 32.2. The van der Waals surface area contributed by atoms with Crippen LogP contribution in [0.3, 0.4) is 0 Å². The molecule has 2 rings (SSSR count). The minimum absolute atomic E-state index is 0.00333. The summed E-state index contributed by atoms with van der Waals surface area (Å²) in [7, 11) is -3.42. The molecule has 5 nitrogen and oxygen atoms in total. The number of rotatable bonds is 7. The van der Waals surface area contributed by atoms with Crippen molar-refractivity contribution >= 4 is 21.6 Å². The molecule has 0 aliphatic rings. The zero-order valence-corrected chi connectivity index (χ0v) is 13.8. The highest BCUT2D eigenvalue weighted by Crippen LogP contribution is 2.07. The predicted octanol–water partition coefficient (Wildman–Crippen LogP) is 2.38. The lowest BCUT2D eigenvalue weighted by atomic mass is 10.1. The fourth-order valence-electron chi connectivity index (χ4n) is 2.13. The molecular formula is C17H20N2O3S. The van der Waals surface area contributed by atoms with Gasteiger partial charge in [0.25, 0.3) is 0 Å². The number of aryl methyl sites for hydroxylation is 2. The number of nitrogens with one attached hydrogen (secondary N) is 1. The Bertz CT molecular complexity index is 741. The first kappa shape index (κ1) is 17.1. The maximum absolute atomic E-state index is 12.0. The van der Waals surface area contributed by atoms with Gasteiger partial charge in [-0.25, -0.2) is 13.4 Å². The van der Waals surface area contributed by atoms with Crippen molar-refractivity contribution in [3.05, 3.63) is 59.8 Å². The summed E-state index contributed by atoms with van der Waals surface area (Å²) in [6.07, 6.45) is 2.80. The molecule has 0 saturated carbocycles. The van der Waals surface area contributed by atoms with E-state index in [4.69, 9.17) is 0 Å². The van der Waals surface area contributed by atoms with E-state index in [1.807, 2.05) is 37.3 Å². The SMILES string of the molecule is Cc1ccc(NC(=O)CS(=O)(=O)CCCc2ccccc2)nc1. The molecule has 1 heterocycles. The van der Waals surface area contributed by atoms with Gasteiger partial charge in [-0.15, -0.1) is 0 Å². The van der Waals surface area contributed by atoms with Crippen molar-refractivity contribution in [3.63, 3.8) is 0 Å². The van der Waals surface area contributed by atoms with Crippen LogP contribution in [0.2, 0.25) is 0 Å². The fourth-order valence-corrected chi connectivity index (χ4v) is 3.33. The Balaban J connectivity index is 1.80. The smallest absolute Gasteiger partial charge is 0.240 e. The minimum Gasteiger partial charge on any atom is -0.310 e. The molecule has 0 unspecified atom stereocenters. The van der Waals surface area contributed by atoms with Crippen molar-refractivity contribution in [2.45, 2.75) is 19.8 Å². The van der Waals surface area contributed by atoms with Gasteiger partial charge in [0.05, 0.1) is 5.75 Å². The van der Waals surface area contributed by atoms with Gasteiger partial charge >= 0.3 is 0 Å². The Morgan fingerprint density at radius 3 is 2.52 bits per heavy atom. The molecule has 1 aromatic carbocycles. The zero-order chi connectivity index (χ0) is 16.7. The molecule has 23 heavy (non-hydrogen) atoms. The maximum Gasteiger partial charge on any atom is 0.240 e. The second kappa shape index (κ2) is 7.87. The highest BCUT2D eigenvalue weighted by molar-refractivity contribution is 7.92. The van der Waals surface area contributed by atoms with Gasteiger partial charge in [0.1, 0.15) is 11.6 Å². The molecule has 0 spiro atoms. The van der Waals surface area contributed by atoms with E-state index < -0.39 is 21.5 Å². The number of amides is 1. The number of hydrogen-bond donors (Lipinski definition) is 1. The van der Waals surface area contributed by atoms with Crippen molar-refractivity contribution in [1.82, 2.24) is 4.98 Å². The van der Waals surface area contributed by atoms with E-state index in [9.17, 15) is 13.2 Å². The van der Waals surface area contributed by atoms with Crippen LogP contribution < -0.4 is 5.32 Å². The lowest BCUT2D eigenvalue weighted by Crippen LogP contribution is -2.25. The molecule has 1 aromatic heterocycles. The van der Waals surface area contributed by atoms with Gasteiger partial charge in [0, 0.05) is 6.20 Å². The van der Waals surface area contributed by atoms with E-state index in [2.05, 4.69) is 10.3 Å². The van der Waals surface area contributed by atoms with E-state index in [1.54, 1.807) is 18.3 Å². The quantitative estimate of drug-likeness (QED) is 0.844. The van der Waals surface area contributed by atoms with Gasteiger partial charge in [-0.3, -0.25) is 4.79 Å². The first-order valence-corrected chi connectivity index (χ1v) is 9.24. The minimum atomic E-state index is -3.42. The Hall–Kier alpha value is -2.21. The number of benzene rings is 1. The molecule has 0 aliphatic heterocycles. The Morgan fingerprint density at radius 2 is 1.87 bits per heavy atom. The van der Waals surface area contributed by atoms with Gasteiger partial charge in [0.15, 0.2) is 9.84 Å². The van der Waals surface area contributed by atoms with E-state index in [0.717, 1.165) is 11.1 Å². The lowest BCUT2D eigenvalue weighted by molar-refractivity contribution is -0.113. The molecule has 0 radical (unpaired) electrons. The van der Waals surface area contributed by atoms with Crippen LogP contribution in [-0.2, 0) is 21.1 Å². The van der Waals surface area contributed by atoms with Crippen molar-refractivity contribution in [2.75, 3.05) is 16.8 Å². The average Bonchev–Trinajstić information content (AvgIpc) is 2.50. The number of anilines is 1. The number of carbonyl (C=O) groups excluding carboxylic acids is 1. The summed E-state index contributed by atoms with van der Waals surface area (Å²) < 4.78 is 24.0. The van der Waals surface area contributed by atoms with Gasteiger partial charge < -0.3 is 5.32 Å². The number of carbonyl (C=O) groups is 1. The van der Waals surface area contributed by atoms with E-state index >= 15 is 0 Å². The van der Waals surface area contributed by atoms with E-state index in [0.29, 0.717) is 18.7 Å². The molecule has 0 saturated heterocycles. The summed E-state index contributed by atoms with van der Waals surface area (Å²) in [5.74, 6) is -0.713. The summed E-state index contributed by atoms with van der Waals surface area (Å²) >= 11 is 0. The van der Waals surface area contributed by atoms with Crippen LogP contribution in [0.25, 0.3) is 0 Å². The standard InChI is InChI=1S/C17H20N2O3S/c1-14-9-10-16(18-12-14)19-17(20)13-23(21,22)11-5-8-15-6-3-2-4-7-15/h2-4,6-7,9-10,12H,5,8,11,13H2,1H3,(H,18,19,20). The number of pyridine rings is 1. The third-order valence-corrected chi connectivity index (χ3v) is 4.91.